The zero-order valence-corrected chi connectivity index (χ0v) is 12.4. The minimum Gasteiger partial charge on any atom is -0.482 e. The van der Waals surface area contributed by atoms with E-state index in [9.17, 15) is 4.79 Å². The van der Waals surface area contributed by atoms with Gasteiger partial charge in [0.25, 0.3) is 5.91 Å². The molecule has 0 spiro atoms. The van der Waals surface area contributed by atoms with Crippen molar-refractivity contribution < 1.29 is 9.53 Å². The van der Waals surface area contributed by atoms with Gasteiger partial charge in [0, 0.05) is 11.7 Å². The van der Waals surface area contributed by atoms with Crippen LogP contribution in [0.15, 0.2) is 18.2 Å². The summed E-state index contributed by atoms with van der Waals surface area (Å²) in [6.45, 7) is 4.53. The summed E-state index contributed by atoms with van der Waals surface area (Å²) in [4.78, 5) is 11.3. The van der Waals surface area contributed by atoms with E-state index in [1.165, 1.54) is 32.1 Å². The lowest BCUT2D eigenvalue weighted by Crippen LogP contribution is -2.25. The van der Waals surface area contributed by atoms with Crippen LogP contribution < -0.4 is 15.4 Å². The Labute approximate surface area is 120 Å². The van der Waals surface area contributed by atoms with Gasteiger partial charge in [-0.1, -0.05) is 32.6 Å². The van der Waals surface area contributed by atoms with E-state index in [0.717, 1.165) is 17.1 Å². The van der Waals surface area contributed by atoms with Gasteiger partial charge in [0.1, 0.15) is 5.75 Å². The van der Waals surface area contributed by atoms with Crippen LogP contribution in [0.3, 0.4) is 0 Å². The summed E-state index contributed by atoms with van der Waals surface area (Å²) in [5, 5.41) is 6.31. The van der Waals surface area contributed by atoms with Crippen molar-refractivity contribution >= 4 is 17.3 Å². The van der Waals surface area contributed by atoms with Crippen molar-refractivity contribution in [2.24, 2.45) is 0 Å². The predicted molar refractivity (Wildman–Crippen MR) is 82.4 cm³/mol. The molecule has 0 bridgehead atoms. The molecular formula is C16H24N2O2. The highest BCUT2D eigenvalue weighted by Gasteiger charge is 2.16. The van der Waals surface area contributed by atoms with E-state index in [-0.39, 0.29) is 12.5 Å². The minimum absolute atomic E-state index is 0.0951. The number of rotatable bonds is 7. The van der Waals surface area contributed by atoms with E-state index in [4.69, 9.17) is 4.74 Å². The molecule has 0 aromatic heterocycles. The van der Waals surface area contributed by atoms with Crippen LogP contribution in [-0.2, 0) is 4.79 Å². The third-order valence-corrected chi connectivity index (χ3v) is 3.52. The second kappa shape index (κ2) is 7.17. The predicted octanol–water partition coefficient (Wildman–Crippen LogP) is 3.79. The van der Waals surface area contributed by atoms with Gasteiger partial charge in [-0.2, -0.15) is 0 Å². The lowest BCUT2D eigenvalue weighted by Gasteiger charge is -2.20. The fourth-order valence-corrected chi connectivity index (χ4v) is 2.41. The summed E-state index contributed by atoms with van der Waals surface area (Å²) >= 11 is 0. The van der Waals surface area contributed by atoms with Crippen molar-refractivity contribution in [1.29, 1.82) is 0 Å². The number of carbonyl (C=O) groups is 1. The Bertz CT molecular complexity index is 460. The van der Waals surface area contributed by atoms with Crippen molar-refractivity contribution in [2.45, 2.75) is 52.0 Å². The largest absolute Gasteiger partial charge is 0.482 e. The third kappa shape index (κ3) is 4.15. The van der Waals surface area contributed by atoms with Gasteiger partial charge in [-0.05, 0) is 31.5 Å². The number of carbonyl (C=O) groups excluding carboxylic acids is 1. The van der Waals surface area contributed by atoms with Crippen LogP contribution >= 0.6 is 0 Å². The molecular weight excluding hydrogens is 252 g/mol. The SMILES string of the molecule is CCCCCCC(C)Nc1ccc2c(c1)NC(=O)CO2. The van der Waals surface area contributed by atoms with E-state index in [2.05, 4.69) is 24.5 Å². The quantitative estimate of drug-likeness (QED) is 0.745. The maximum atomic E-state index is 11.3. The molecule has 1 atom stereocenters. The van der Waals surface area contributed by atoms with Gasteiger partial charge < -0.3 is 15.4 Å². The highest BCUT2D eigenvalue weighted by atomic mass is 16.5. The summed E-state index contributed by atoms with van der Waals surface area (Å²) in [6.07, 6.45) is 6.31. The number of benzene rings is 1. The third-order valence-electron chi connectivity index (χ3n) is 3.52. The van der Waals surface area contributed by atoms with Crippen molar-refractivity contribution in [3.8, 4) is 5.75 Å². The van der Waals surface area contributed by atoms with E-state index in [1.54, 1.807) is 0 Å². The first-order valence-corrected chi connectivity index (χ1v) is 7.52. The molecule has 2 N–H and O–H groups in total. The van der Waals surface area contributed by atoms with Gasteiger partial charge in [-0.3, -0.25) is 4.79 Å². The van der Waals surface area contributed by atoms with Gasteiger partial charge in [-0.25, -0.2) is 0 Å². The van der Waals surface area contributed by atoms with Crippen LogP contribution in [0.2, 0.25) is 0 Å². The van der Waals surface area contributed by atoms with Crippen LogP contribution in [-0.4, -0.2) is 18.6 Å². The molecule has 1 unspecified atom stereocenters. The molecule has 20 heavy (non-hydrogen) atoms. The molecule has 1 amide bonds. The Balaban J connectivity index is 1.86. The molecule has 1 heterocycles. The molecule has 0 aliphatic carbocycles. The van der Waals surface area contributed by atoms with Crippen LogP contribution in [0.4, 0.5) is 11.4 Å². The zero-order chi connectivity index (χ0) is 14.4. The number of unbranched alkanes of at least 4 members (excludes halogenated alkanes) is 3. The maximum absolute atomic E-state index is 11.3. The Morgan fingerprint density at radius 2 is 2.20 bits per heavy atom. The van der Waals surface area contributed by atoms with Gasteiger partial charge in [0.05, 0.1) is 5.69 Å². The molecule has 0 fully saturated rings. The van der Waals surface area contributed by atoms with Crippen molar-refractivity contribution in [1.82, 2.24) is 0 Å². The van der Waals surface area contributed by atoms with E-state index in [1.807, 2.05) is 18.2 Å². The number of ether oxygens (including phenoxy) is 1. The second-order valence-corrected chi connectivity index (χ2v) is 5.44. The lowest BCUT2D eigenvalue weighted by atomic mass is 10.1. The van der Waals surface area contributed by atoms with Gasteiger partial charge in [-0.15, -0.1) is 0 Å². The first-order valence-electron chi connectivity index (χ1n) is 7.52. The average molecular weight is 276 g/mol. The molecule has 1 aliphatic rings. The fraction of sp³-hybridized carbons (Fsp3) is 0.562. The molecule has 0 saturated heterocycles. The standard InChI is InChI=1S/C16H24N2O2/c1-3-4-5-6-7-12(2)17-13-8-9-15-14(10-13)18-16(19)11-20-15/h8-10,12,17H,3-7,11H2,1-2H3,(H,18,19). The number of anilines is 2. The summed E-state index contributed by atoms with van der Waals surface area (Å²) < 4.78 is 5.35. The van der Waals surface area contributed by atoms with Crippen molar-refractivity contribution in [2.75, 3.05) is 17.2 Å². The lowest BCUT2D eigenvalue weighted by molar-refractivity contribution is -0.118. The summed E-state index contributed by atoms with van der Waals surface area (Å²) in [5.41, 5.74) is 1.78. The Morgan fingerprint density at radius 1 is 1.35 bits per heavy atom. The second-order valence-electron chi connectivity index (χ2n) is 5.44. The molecule has 4 nitrogen and oxygen atoms in total. The van der Waals surface area contributed by atoms with E-state index in [0.29, 0.717) is 6.04 Å². The molecule has 1 aromatic carbocycles. The first-order chi connectivity index (χ1) is 9.69. The monoisotopic (exact) mass is 276 g/mol. The summed E-state index contributed by atoms with van der Waals surface area (Å²) in [5.74, 6) is 0.646. The smallest absolute Gasteiger partial charge is 0.262 e. The number of nitrogens with one attached hydrogen (secondary N) is 2. The van der Waals surface area contributed by atoms with Crippen LogP contribution in [0.25, 0.3) is 0 Å². The zero-order valence-electron chi connectivity index (χ0n) is 12.4. The maximum Gasteiger partial charge on any atom is 0.262 e. The topological polar surface area (TPSA) is 50.4 Å². The highest BCUT2D eigenvalue weighted by Crippen LogP contribution is 2.30. The minimum atomic E-state index is -0.0951. The number of hydrogen-bond acceptors (Lipinski definition) is 3. The van der Waals surface area contributed by atoms with Crippen molar-refractivity contribution in [3.05, 3.63) is 18.2 Å². The number of fused-ring (bicyclic) bond motifs is 1. The Morgan fingerprint density at radius 3 is 3.00 bits per heavy atom. The highest BCUT2D eigenvalue weighted by molar-refractivity contribution is 5.96. The summed E-state index contributed by atoms with van der Waals surface area (Å²) in [6, 6.07) is 6.28. The van der Waals surface area contributed by atoms with Gasteiger partial charge in [0.15, 0.2) is 6.61 Å². The fourth-order valence-electron chi connectivity index (χ4n) is 2.41. The van der Waals surface area contributed by atoms with Gasteiger partial charge >= 0.3 is 0 Å². The van der Waals surface area contributed by atoms with E-state index >= 15 is 0 Å². The van der Waals surface area contributed by atoms with E-state index < -0.39 is 0 Å². The Kier molecular flexibility index (Phi) is 5.27. The average Bonchev–Trinajstić information content (AvgIpc) is 2.43. The van der Waals surface area contributed by atoms with Crippen LogP contribution in [0, 0.1) is 0 Å². The van der Waals surface area contributed by atoms with Crippen LogP contribution in [0.1, 0.15) is 46.0 Å². The molecule has 4 heteroatoms. The van der Waals surface area contributed by atoms with Crippen LogP contribution in [0.5, 0.6) is 5.75 Å². The van der Waals surface area contributed by atoms with Crippen molar-refractivity contribution in [3.63, 3.8) is 0 Å². The molecule has 0 radical (unpaired) electrons. The molecule has 0 saturated carbocycles. The normalized spacial score (nSPS) is 15.0. The number of amides is 1. The molecule has 1 aromatic rings. The molecule has 2 rings (SSSR count). The summed E-state index contributed by atoms with van der Waals surface area (Å²) in [7, 11) is 0. The Hall–Kier alpha value is -1.71. The first kappa shape index (κ1) is 14.7. The van der Waals surface area contributed by atoms with Gasteiger partial charge in [0.2, 0.25) is 0 Å². The molecule has 1 aliphatic heterocycles. The molecule has 110 valence electrons. The number of hydrogen-bond donors (Lipinski definition) is 2.